The fourth-order valence-electron chi connectivity index (χ4n) is 4.11. The number of likely N-dealkylation sites (tertiary alicyclic amines) is 1. The summed E-state index contributed by atoms with van der Waals surface area (Å²) in [5.41, 5.74) is -0.275. The molecule has 3 amide bonds. The van der Waals surface area contributed by atoms with Gasteiger partial charge in [0.25, 0.3) is 5.91 Å². The van der Waals surface area contributed by atoms with E-state index >= 15 is 0 Å². The molecule has 2 heterocycles. The lowest BCUT2D eigenvalue weighted by Gasteiger charge is -2.41. The van der Waals surface area contributed by atoms with Gasteiger partial charge in [-0.3, -0.25) is 14.4 Å². The molecule has 2 aliphatic rings. The molecule has 2 N–H and O–H groups in total. The summed E-state index contributed by atoms with van der Waals surface area (Å²) >= 11 is 0. The Morgan fingerprint density at radius 2 is 1.97 bits per heavy atom. The van der Waals surface area contributed by atoms with Gasteiger partial charge < -0.3 is 29.7 Å². The molecule has 1 unspecified atom stereocenters. The van der Waals surface area contributed by atoms with Crippen LogP contribution in [-0.4, -0.2) is 82.3 Å². The molecule has 1 saturated heterocycles. The fourth-order valence-corrected chi connectivity index (χ4v) is 4.11. The Kier molecular flexibility index (Phi) is 9.26. The summed E-state index contributed by atoms with van der Waals surface area (Å²) < 4.78 is 16.1. The van der Waals surface area contributed by atoms with E-state index in [1.807, 2.05) is 18.2 Å². The predicted octanol–water partition coefficient (Wildman–Crippen LogP) is 1.14. The van der Waals surface area contributed by atoms with Crippen molar-refractivity contribution in [3.8, 4) is 5.75 Å². The van der Waals surface area contributed by atoms with Gasteiger partial charge in [-0.25, -0.2) is 0 Å². The van der Waals surface area contributed by atoms with Gasteiger partial charge >= 0.3 is 0 Å². The van der Waals surface area contributed by atoms with Crippen molar-refractivity contribution >= 4 is 17.7 Å². The number of ether oxygens (including phenoxy) is 3. The summed E-state index contributed by atoms with van der Waals surface area (Å²) in [5.74, 6) is 0.0167. The van der Waals surface area contributed by atoms with Crippen LogP contribution in [0.2, 0.25) is 0 Å². The molecule has 9 heteroatoms. The van der Waals surface area contributed by atoms with E-state index in [9.17, 15) is 14.4 Å². The van der Waals surface area contributed by atoms with E-state index in [4.69, 9.17) is 14.2 Å². The minimum absolute atomic E-state index is 0.0316. The van der Waals surface area contributed by atoms with Crippen LogP contribution in [0.15, 0.2) is 36.4 Å². The molecule has 1 aromatic carbocycles. The van der Waals surface area contributed by atoms with Crippen LogP contribution in [0.4, 0.5) is 0 Å². The number of allylic oxidation sites excluding steroid dienone is 1. The quantitative estimate of drug-likeness (QED) is 0.505. The van der Waals surface area contributed by atoms with E-state index in [1.54, 1.807) is 30.2 Å². The number of methoxy groups -OCH3 is 1. The zero-order valence-electron chi connectivity index (χ0n) is 19.1. The van der Waals surface area contributed by atoms with E-state index in [1.165, 1.54) is 0 Å². The molecule has 9 nitrogen and oxygen atoms in total. The summed E-state index contributed by atoms with van der Waals surface area (Å²) in [5, 5.41) is 5.78. The molecule has 180 valence electrons. The van der Waals surface area contributed by atoms with Crippen LogP contribution in [0.1, 0.15) is 29.6 Å². The molecule has 0 saturated carbocycles. The zero-order valence-corrected chi connectivity index (χ0v) is 19.1. The van der Waals surface area contributed by atoms with Crippen molar-refractivity contribution in [2.24, 2.45) is 5.41 Å². The van der Waals surface area contributed by atoms with Gasteiger partial charge in [0, 0.05) is 33.3 Å². The molecule has 0 bridgehead atoms. The lowest BCUT2D eigenvalue weighted by molar-refractivity contribution is -0.144. The number of carbonyl (C=O) groups is 3. The molecular formula is C24H33N3O6. The van der Waals surface area contributed by atoms with Crippen molar-refractivity contribution < 1.29 is 28.6 Å². The summed E-state index contributed by atoms with van der Waals surface area (Å²) in [4.78, 5) is 40.1. The second-order valence-corrected chi connectivity index (χ2v) is 8.24. The third-order valence-electron chi connectivity index (χ3n) is 5.91. The van der Waals surface area contributed by atoms with Crippen LogP contribution in [0.5, 0.6) is 5.75 Å². The molecule has 0 aliphatic carbocycles. The molecular weight excluding hydrogens is 426 g/mol. The fraction of sp³-hybridized carbons (Fsp3) is 0.542. The van der Waals surface area contributed by atoms with E-state index in [0.29, 0.717) is 63.5 Å². The number of para-hydroxylation sites is 1. The van der Waals surface area contributed by atoms with Crippen LogP contribution in [0, 0.1) is 5.41 Å². The third kappa shape index (κ3) is 6.79. The molecule has 0 radical (unpaired) electrons. The van der Waals surface area contributed by atoms with Gasteiger partial charge in [0.2, 0.25) is 11.8 Å². The molecule has 1 aromatic rings. The van der Waals surface area contributed by atoms with E-state index in [-0.39, 0.29) is 30.9 Å². The highest BCUT2D eigenvalue weighted by Gasteiger charge is 2.42. The van der Waals surface area contributed by atoms with Crippen LogP contribution in [0.25, 0.3) is 0 Å². The largest absolute Gasteiger partial charge is 0.489 e. The average molecular weight is 460 g/mol. The van der Waals surface area contributed by atoms with Crippen molar-refractivity contribution in [1.82, 2.24) is 15.5 Å². The van der Waals surface area contributed by atoms with Crippen molar-refractivity contribution in [2.45, 2.75) is 19.3 Å². The standard InChI is InChI=1S/C24H33N3O6/c1-31-15-16-32-17-21(28)27-13-6-10-24(18-27)9-4-5-14-33-20-8-3-2-7-19(20)22(29)25-11-12-26-23(24)30/h2-5,7-8H,6,9-18H2,1H3,(H,25,29)(H,26,30)/b5-4+. The topological polar surface area (TPSA) is 106 Å². The smallest absolute Gasteiger partial charge is 0.255 e. The predicted molar refractivity (Wildman–Crippen MR) is 122 cm³/mol. The van der Waals surface area contributed by atoms with Gasteiger partial charge in [-0.05, 0) is 31.4 Å². The first-order valence-corrected chi connectivity index (χ1v) is 11.3. The molecule has 33 heavy (non-hydrogen) atoms. The van der Waals surface area contributed by atoms with Crippen molar-refractivity contribution in [3.05, 3.63) is 42.0 Å². The van der Waals surface area contributed by atoms with Crippen LogP contribution in [0.3, 0.4) is 0 Å². The van der Waals surface area contributed by atoms with Crippen LogP contribution in [-0.2, 0) is 19.1 Å². The summed E-state index contributed by atoms with van der Waals surface area (Å²) in [6, 6.07) is 7.07. The van der Waals surface area contributed by atoms with Crippen molar-refractivity contribution in [3.63, 3.8) is 0 Å². The first-order valence-electron chi connectivity index (χ1n) is 11.3. The summed E-state index contributed by atoms with van der Waals surface area (Å²) in [7, 11) is 1.58. The van der Waals surface area contributed by atoms with Crippen LogP contribution >= 0.6 is 0 Å². The van der Waals surface area contributed by atoms with Gasteiger partial charge in [0.15, 0.2) is 0 Å². The Morgan fingerprint density at radius 1 is 1.15 bits per heavy atom. The number of fused-ring (bicyclic) bond motifs is 1. The molecule has 0 aromatic heterocycles. The summed E-state index contributed by atoms with van der Waals surface area (Å²) in [6.07, 6.45) is 5.67. The highest BCUT2D eigenvalue weighted by atomic mass is 16.5. The second kappa shape index (κ2) is 12.4. The minimum atomic E-state index is -0.733. The van der Waals surface area contributed by atoms with Gasteiger partial charge in [-0.1, -0.05) is 24.3 Å². The number of nitrogens with zero attached hydrogens (tertiary/aromatic N) is 1. The third-order valence-corrected chi connectivity index (χ3v) is 5.91. The number of amides is 3. The number of rotatable bonds is 5. The molecule has 3 rings (SSSR count). The number of nitrogens with one attached hydrogen (secondary N) is 2. The Balaban J connectivity index is 1.70. The number of benzene rings is 1. The Hall–Kier alpha value is -2.91. The SMILES string of the molecule is COCCOCC(=O)N1CCCC2(C/C=C/COc3ccccc3C(=O)NCCNC2=O)C1. The van der Waals surface area contributed by atoms with Crippen LogP contribution < -0.4 is 15.4 Å². The lowest BCUT2D eigenvalue weighted by atomic mass is 9.76. The maximum Gasteiger partial charge on any atom is 0.255 e. The molecule has 1 fully saturated rings. The number of hydrogen-bond acceptors (Lipinski definition) is 6. The molecule has 1 atom stereocenters. The maximum absolute atomic E-state index is 13.2. The first kappa shape index (κ1) is 24.7. The Morgan fingerprint density at radius 3 is 2.82 bits per heavy atom. The van der Waals surface area contributed by atoms with Crippen molar-refractivity contribution in [1.29, 1.82) is 0 Å². The minimum Gasteiger partial charge on any atom is -0.489 e. The Labute approximate surface area is 194 Å². The second-order valence-electron chi connectivity index (χ2n) is 8.24. The van der Waals surface area contributed by atoms with Crippen molar-refractivity contribution in [2.75, 3.05) is 59.7 Å². The van der Waals surface area contributed by atoms with E-state index < -0.39 is 5.41 Å². The zero-order chi connectivity index (χ0) is 23.5. The van der Waals surface area contributed by atoms with Gasteiger partial charge in [-0.15, -0.1) is 0 Å². The monoisotopic (exact) mass is 459 g/mol. The molecule has 2 aliphatic heterocycles. The first-order chi connectivity index (χ1) is 16.1. The van der Waals surface area contributed by atoms with Gasteiger partial charge in [0.05, 0.1) is 24.2 Å². The molecule has 1 spiro atoms. The van der Waals surface area contributed by atoms with E-state index in [2.05, 4.69) is 10.6 Å². The van der Waals surface area contributed by atoms with Gasteiger partial charge in [-0.2, -0.15) is 0 Å². The normalized spacial score (nSPS) is 23.0. The highest BCUT2D eigenvalue weighted by Crippen LogP contribution is 2.34. The Bertz CT molecular complexity index is 858. The number of hydrogen-bond donors (Lipinski definition) is 2. The summed E-state index contributed by atoms with van der Waals surface area (Å²) in [6.45, 7) is 2.53. The number of piperidine rings is 1. The highest BCUT2D eigenvalue weighted by molar-refractivity contribution is 5.97. The lowest BCUT2D eigenvalue weighted by Crippen LogP contribution is -2.54. The number of carbonyl (C=O) groups excluding carboxylic acids is 3. The maximum atomic E-state index is 13.2. The van der Waals surface area contributed by atoms with E-state index in [0.717, 1.165) is 6.42 Å². The van der Waals surface area contributed by atoms with Gasteiger partial charge in [0.1, 0.15) is 19.0 Å². The average Bonchev–Trinajstić information content (AvgIpc) is 2.83.